The molecule has 1 aromatic heterocycles. The molecule has 2 amide bonds. The predicted molar refractivity (Wildman–Crippen MR) is 98.8 cm³/mol. The highest BCUT2D eigenvalue weighted by Gasteiger charge is 2.15. The van der Waals surface area contributed by atoms with Crippen LogP contribution in [0, 0.1) is 11.8 Å². The number of carbonyl (C=O) groups is 2. The Morgan fingerprint density at radius 1 is 0.846 bits per heavy atom. The summed E-state index contributed by atoms with van der Waals surface area (Å²) in [6.07, 6.45) is 0. The molecule has 0 saturated carbocycles. The van der Waals surface area contributed by atoms with Crippen molar-refractivity contribution in [1.29, 1.82) is 0 Å². The standard InChI is InChI=1S/C18H23N5O3/c1-10(2)15(24)21-17-19-14(12-6-8-13(26-5)9-7-12)20-18(23-17)22-16(25)11(3)4/h6-11H,1-5H3,(H2,19,20,21,22,23,24,25). The monoisotopic (exact) mass is 357 g/mol. The van der Waals surface area contributed by atoms with Crippen molar-refractivity contribution in [3.63, 3.8) is 0 Å². The van der Waals surface area contributed by atoms with Gasteiger partial charge in [-0.25, -0.2) is 0 Å². The molecule has 0 radical (unpaired) electrons. The van der Waals surface area contributed by atoms with Gasteiger partial charge in [0, 0.05) is 17.4 Å². The first-order chi connectivity index (χ1) is 12.3. The first-order valence-corrected chi connectivity index (χ1v) is 8.32. The van der Waals surface area contributed by atoms with E-state index < -0.39 is 0 Å². The van der Waals surface area contributed by atoms with E-state index >= 15 is 0 Å². The summed E-state index contributed by atoms with van der Waals surface area (Å²) in [6, 6.07) is 7.13. The minimum atomic E-state index is -0.232. The molecule has 0 atom stereocenters. The molecule has 8 nitrogen and oxygen atoms in total. The maximum atomic E-state index is 12.0. The van der Waals surface area contributed by atoms with E-state index in [4.69, 9.17) is 4.74 Å². The molecule has 26 heavy (non-hydrogen) atoms. The van der Waals surface area contributed by atoms with Crippen LogP contribution in [0.2, 0.25) is 0 Å². The van der Waals surface area contributed by atoms with Crippen molar-refractivity contribution in [2.24, 2.45) is 11.8 Å². The van der Waals surface area contributed by atoms with E-state index in [1.54, 1.807) is 59.1 Å². The minimum Gasteiger partial charge on any atom is -0.497 e. The average molecular weight is 357 g/mol. The number of methoxy groups -OCH3 is 1. The fourth-order valence-electron chi connectivity index (χ4n) is 1.87. The lowest BCUT2D eigenvalue weighted by Crippen LogP contribution is -2.23. The topological polar surface area (TPSA) is 106 Å². The lowest BCUT2D eigenvalue weighted by Gasteiger charge is -2.11. The summed E-state index contributed by atoms with van der Waals surface area (Å²) in [4.78, 5) is 36.6. The second-order valence-corrected chi connectivity index (χ2v) is 6.32. The first-order valence-electron chi connectivity index (χ1n) is 8.32. The zero-order valence-corrected chi connectivity index (χ0v) is 15.5. The number of hydrogen-bond donors (Lipinski definition) is 2. The van der Waals surface area contributed by atoms with Gasteiger partial charge >= 0.3 is 0 Å². The normalized spacial score (nSPS) is 10.7. The highest BCUT2D eigenvalue weighted by Crippen LogP contribution is 2.21. The molecule has 0 saturated heterocycles. The molecule has 1 heterocycles. The summed E-state index contributed by atoms with van der Waals surface area (Å²) < 4.78 is 5.14. The fraction of sp³-hybridized carbons (Fsp3) is 0.389. The van der Waals surface area contributed by atoms with Crippen LogP contribution in [-0.2, 0) is 9.59 Å². The third kappa shape index (κ3) is 4.98. The summed E-state index contributed by atoms with van der Waals surface area (Å²) in [5, 5.41) is 5.28. The van der Waals surface area contributed by atoms with Crippen molar-refractivity contribution in [1.82, 2.24) is 15.0 Å². The number of rotatable bonds is 6. The van der Waals surface area contributed by atoms with Crippen LogP contribution in [0.3, 0.4) is 0 Å². The van der Waals surface area contributed by atoms with Crippen molar-refractivity contribution in [3.8, 4) is 17.1 Å². The van der Waals surface area contributed by atoms with Gasteiger partial charge in [-0.1, -0.05) is 27.7 Å². The number of ether oxygens (including phenoxy) is 1. The van der Waals surface area contributed by atoms with Gasteiger partial charge in [-0.15, -0.1) is 0 Å². The molecule has 0 fully saturated rings. The SMILES string of the molecule is COc1ccc(-c2nc(NC(=O)C(C)C)nc(NC(=O)C(C)C)n2)cc1. The number of aromatic nitrogens is 3. The smallest absolute Gasteiger partial charge is 0.234 e. The van der Waals surface area contributed by atoms with Crippen LogP contribution in [0.5, 0.6) is 5.75 Å². The Balaban J connectivity index is 2.41. The average Bonchev–Trinajstić information content (AvgIpc) is 2.61. The minimum absolute atomic E-state index is 0.0866. The highest BCUT2D eigenvalue weighted by atomic mass is 16.5. The summed E-state index contributed by atoms with van der Waals surface area (Å²) in [5.74, 6) is 0.295. The number of benzene rings is 1. The van der Waals surface area contributed by atoms with E-state index in [1.807, 2.05) is 0 Å². The van der Waals surface area contributed by atoms with E-state index in [2.05, 4.69) is 25.6 Å². The summed E-state index contributed by atoms with van der Waals surface area (Å²) in [6.45, 7) is 7.06. The summed E-state index contributed by atoms with van der Waals surface area (Å²) in [5.41, 5.74) is 0.702. The Bertz CT molecular complexity index is 748. The molecule has 0 bridgehead atoms. The van der Waals surface area contributed by atoms with Crippen LogP contribution in [0.1, 0.15) is 27.7 Å². The molecule has 138 valence electrons. The maximum absolute atomic E-state index is 12.0. The van der Waals surface area contributed by atoms with Crippen LogP contribution < -0.4 is 15.4 Å². The summed E-state index contributed by atoms with van der Waals surface area (Å²) in [7, 11) is 1.58. The second-order valence-electron chi connectivity index (χ2n) is 6.32. The lowest BCUT2D eigenvalue weighted by atomic mass is 10.2. The Kier molecular flexibility index (Phi) is 6.21. The quantitative estimate of drug-likeness (QED) is 0.823. The van der Waals surface area contributed by atoms with Crippen molar-refractivity contribution >= 4 is 23.7 Å². The maximum Gasteiger partial charge on any atom is 0.234 e. The number of carbonyl (C=O) groups excluding carboxylic acids is 2. The van der Waals surface area contributed by atoms with Crippen LogP contribution in [0.15, 0.2) is 24.3 Å². The fourth-order valence-corrected chi connectivity index (χ4v) is 1.87. The number of anilines is 2. The Labute approximate surface area is 152 Å². The molecule has 0 spiro atoms. The Morgan fingerprint density at radius 2 is 1.31 bits per heavy atom. The van der Waals surface area contributed by atoms with Crippen LogP contribution >= 0.6 is 0 Å². The molecule has 1 aromatic carbocycles. The molecular formula is C18H23N5O3. The number of hydrogen-bond acceptors (Lipinski definition) is 6. The Morgan fingerprint density at radius 3 is 1.69 bits per heavy atom. The van der Waals surface area contributed by atoms with E-state index in [1.165, 1.54) is 0 Å². The van der Waals surface area contributed by atoms with E-state index in [0.717, 1.165) is 0 Å². The molecule has 0 aliphatic rings. The van der Waals surface area contributed by atoms with Crippen molar-refractivity contribution < 1.29 is 14.3 Å². The third-order valence-corrected chi connectivity index (χ3v) is 3.50. The molecule has 0 unspecified atom stereocenters. The van der Waals surface area contributed by atoms with Crippen LogP contribution in [0.25, 0.3) is 11.4 Å². The van der Waals surface area contributed by atoms with Gasteiger partial charge in [0.2, 0.25) is 23.7 Å². The molecule has 0 aliphatic heterocycles. The number of nitrogens with one attached hydrogen (secondary N) is 2. The van der Waals surface area contributed by atoms with Crippen LogP contribution in [-0.4, -0.2) is 33.9 Å². The number of amides is 2. The Hall–Kier alpha value is -3.03. The third-order valence-electron chi connectivity index (χ3n) is 3.50. The van der Waals surface area contributed by atoms with Gasteiger partial charge in [0.05, 0.1) is 7.11 Å². The van der Waals surface area contributed by atoms with E-state index in [0.29, 0.717) is 17.1 Å². The molecule has 8 heteroatoms. The first kappa shape index (κ1) is 19.3. The zero-order valence-electron chi connectivity index (χ0n) is 15.5. The van der Waals surface area contributed by atoms with Crippen molar-refractivity contribution in [2.45, 2.75) is 27.7 Å². The molecule has 2 aromatic rings. The predicted octanol–water partition coefficient (Wildman–Crippen LogP) is 2.74. The van der Waals surface area contributed by atoms with Gasteiger partial charge in [-0.2, -0.15) is 15.0 Å². The number of nitrogens with zero attached hydrogens (tertiary/aromatic N) is 3. The van der Waals surface area contributed by atoms with Gasteiger partial charge in [0.1, 0.15) is 5.75 Å². The van der Waals surface area contributed by atoms with E-state index in [9.17, 15) is 9.59 Å². The van der Waals surface area contributed by atoms with E-state index in [-0.39, 0.29) is 35.5 Å². The molecular weight excluding hydrogens is 334 g/mol. The highest BCUT2D eigenvalue weighted by molar-refractivity contribution is 5.92. The van der Waals surface area contributed by atoms with Gasteiger partial charge in [0.25, 0.3) is 0 Å². The van der Waals surface area contributed by atoms with Crippen molar-refractivity contribution in [3.05, 3.63) is 24.3 Å². The molecule has 2 rings (SSSR count). The van der Waals surface area contributed by atoms with Gasteiger partial charge < -0.3 is 4.74 Å². The lowest BCUT2D eigenvalue weighted by molar-refractivity contribution is -0.119. The van der Waals surface area contributed by atoms with Gasteiger partial charge in [-0.3, -0.25) is 20.2 Å². The second kappa shape index (κ2) is 8.37. The van der Waals surface area contributed by atoms with Crippen LogP contribution in [0.4, 0.5) is 11.9 Å². The van der Waals surface area contributed by atoms with Gasteiger partial charge in [0.15, 0.2) is 5.82 Å². The zero-order chi connectivity index (χ0) is 19.3. The van der Waals surface area contributed by atoms with Gasteiger partial charge in [-0.05, 0) is 24.3 Å². The largest absolute Gasteiger partial charge is 0.497 e. The van der Waals surface area contributed by atoms with Crippen molar-refractivity contribution in [2.75, 3.05) is 17.7 Å². The summed E-state index contributed by atoms with van der Waals surface area (Å²) >= 11 is 0. The molecule has 2 N–H and O–H groups in total. The molecule has 0 aliphatic carbocycles.